The molecule has 0 saturated carbocycles. The van der Waals surface area contributed by atoms with Crippen molar-refractivity contribution in [3.05, 3.63) is 80.6 Å². The third-order valence-corrected chi connectivity index (χ3v) is 7.60. The Morgan fingerprint density at radius 3 is 2.44 bits per heavy atom. The summed E-state index contributed by atoms with van der Waals surface area (Å²) >= 11 is 3.33. The second kappa shape index (κ2) is 8.07. The number of hydrogen-bond acceptors (Lipinski definition) is 4. The number of hydrogen-bond donors (Lipinski definition) is 3. The zero-order valence-electron chi connectivity index (χ0n) is 17.2. The lowest BCUT2D eigenvalue weighted by Crippen LogP contribution is -2.05. The van der Waals surface area contributed by atoms with E-state index in [1.165, 1.54) is 12.1 Å². The maximum atomic E-state index is 13.0. The van der Waals surface area contributed by atoms with Gasteiger partial charge in [0.2, 0.25) is 0 Å². The molecule has 1 amide bonds. The van der Waals surface area contributed by atoms with Gasteiger partial charge in [0.25, 0.3) is 5.91 Å². The fourth-order valence-corrected chi connectivity index (χ4v) is 5.41. The molecule has 0 saturated heterocycles. The van der Waals surface area contributed by atoms with Crippen molar-refractivity contribution < 1.29 is 23.1 Å². The molecule has 4 rings (SSSR count). The van der Waals surface area contributed by atoms with E-state index in [4.69, 9.17) is 0 Å². The molecule has 2 heterocycles. The summed E-state index contributed by atoms with van der Waals surface area (Å²) in [4.78, 5) is 27.2. The van der Waals surface area contributed by atoms with Gasteiger partial charge in [0.05, 0.1) is 21.8 Å². The summed E-state index contributed by atoms with van der Waals surface area (Å²) in [6, 6.07) is 11.6. The highest BCUT2D eigenvalue weighted by molar-refractivity contribution is 9.10. The molecule has 0 bridgehead atoms. The fraction of sp³-hybridized carbons (Fsp3) is 0.130. The molecule has 0 atom stereocenters. The van der Waals surface area contributed by atoms with Crippen LogP contribution in [0.4, 0.5) is 5.69 Å². The number of carbonyl (C=O) groups excluding carboxylic acids is 1. The number of nitrogens with one attached hydrogen (secondary N) is 2. The van der Waals surface area contributed by atoms with Gasteiger partial charge >= 0.3 is 5.97 Å². The fourth-order valence-electron chi connectivity index (χ4n) is 3.77. The highest BCUT2D eigenvalue weighted by Gasteiger charge is 2.28. The Kier molecular flexibility index (Phi) is 5.56. The second-order valence-electron chi connectivity index (χ2n) is 7.57. The van der Waals surface area contributed by atoms with Crippen LogP contribution in [0.2, 0.25) is 0 Å². The number of aryl methyl sites for hydroxylation is 1. The zero-order valence-corrected chi connectivity index (χ0v) is 19.6. The molecule has 3 aromatic rings. The molecule has 9 heteroatoms. The number of aromatic amines is 1. The number of carboxylic acid groups (broad SMARTS) is 1. The summed E-state index contributed by atoms with van der Waals surface area (Å²) in [5.41, 5.74) is 3.49. The first-order valence-corrected chi connectivity index (χ1v) is 12.1. The third-order valence-electron chi connectivity index (χ3n) is 5.38. The van der Waals surface area contributed by atoms with Crippen LogP contribution in [0.1, 0.15) is 38.4 Å². The number of carboxylic acids is 1. The standard InChI is InChI=1S/C23H19BrN2O5S/c1-12-20(25-13(2)21(12)23(28)29)10-18-17-9-16(7-8-19(17)26-22(18)27)32(30,31)11-14-3-5-15(24)6-4-14/h3-10,25H,11H2,1-2H3,(H,26,27)(H,28,29)/b18-10-. The number of aromatic carboxylic acids is 1. The Morgan fingerprint density at radius 1 is 1.12 bits per heavy atom. The van der Waals surface area contributed by atoms with Crippen molar-refractivity contribution in [1.29, 1.82) is 0 Å². The molecule has 164 valence electrons. The van der Waals surface area contributed by atoms with Crippen LogP contribution >= 0.6 is 15.9 Å². The lowest BCUT2D eigenvalue weighted by molar-refractivity contribution is -0.110. The Morgan fingerprint density at radius 2 is 1.81 bits per heavy atom. The van der Waals surface area contributed by atoms with E-state index in [1.807, 2.05) is 0 Å². The zero-order chi connectivity index (χ0) is 23.2. The van der Waals surface area contributed by atoms with Crippen LogP contribution in [0.5, 0.6) is 0 Å². The first kappa shape index (κ1) is 22.0. The number of fused-ring (bicyclic) bond motifs is 1. The van der Waals surface area contributed by atoms with E-state index in [1.54, 1.807) is 50.3 Å². The van der Waals surface area contributed by atoms with E-state index < -0.39 is 15.8 Å². The van der Waals surface area contributed by atoms with E-state index in [0.717, 1.165) is 4.47 Å². The number of sulfone groups is 1. The molecule has 0 aliphatic carbocycles. The van der Waals surface area contributed by atoms with Crippen molar-refractivity contribution >= 4 is 55.0 Å². The van der Waals surface area contributed by atoms with Gasteiger partial charge in [0, 0.05) is 27.1 Å². The van der Waals surface area contributed by atoms with Gasteiger partial charge in [-0.3, -0.25) is 4.79 Å². The summed E-state index contributed by atoms with van der Waals surface area (Å²) in [6.07, 6.45) is 1.56. The smallest absolute Gasteiger partial charge is 0.337 e. The van der Waals surface area contributed by atoms with Gasteiger partial charge < -0.3 is 15.4 Å². The van der Waals surface area contributed by atoms with Crippen molar-refractivity contribution in [1.82, 2.24) is 4.98 Å². The summed E-state index contributed by atoms with van der Waals surface area (Å²) in [7, 11) is -3.65. The van der Waals surface area contributed by atoms with E-state index in [0.29, 0.717) is 33.8 Å². The molecule has 3 N–H and O–H groups in total. The number of benzene rings is 2. The highest BCUT2D eigenvalue weighted by atomic mass is 79.9. The molecule has 1 aliphatic heterocycles. The lowest BCUT2D eigenvalue weighted by Gasteiger charge is -2.07. The molecule has 7 nitrogen and oxygen atoms in total. The average molecular weight is 515 g/mol. The van der Waals surface area contributed by atoms with Crippen LogP contribution in [0.15, 0.2) is 51.8 Å². The molecule has 2 aromatic carbocycles. The molecule has 0 spiro atoms. The highest BCUT2D eigenvalue weighted by Crippen LogP contribution is 2.36. The first-order chi connectivity index (χ1) is 15.1. The van der Waals surface area contributed by atoms with Crippen molar-refractivity contribution in [2.75, 3.05) is 5.32 Å². The molecular formula is C23H19BrN2O5S. The van der Waals surface area contributed by atoms with E-state index in [-0.39, 0.29) is 27.7 Å². The summed E-state index contributed by atoms with van der Waals surface area (Å²) in [5.74, 6) is -1.61. The van der Waals surface area contributed by atoms with Crippen molar-refractivity contribution in [3.63, 3.8) is 0 Å². The first-order valence-electron chi connectivity index (χ1n) is 9.64. The normalized spacial score (nSPS) is 14.5. The number of H-pyrrole nitrogens is 1. The number of rotatable bonds is 5. The Balaban J connectivity index is 1.74. The molecular weight excluding hydrogens is 496 g/mol. The number of halogens is 1. The number of aromatic nitrogens is 1. The van der Waals surface area contributed by atoms with Crippen LogP contribution in [-0.2, 0) is 20.4 Å². The molecule has 1 aromatic heterocycles. The number of amides is 1. The van der Waals surface area contributed by atoms with E-state index in [2.05, 4.69) is 26.2 Å². The minimum absolute atomic E-state index is 0.104. The third kappa shape index (κ3) is 4.01. The van der Waals surface area contributed by atoms with E-state index >= 15 is 0 Å². The van der Waals surface area contributed by atoms with Crippen molar-refractivity contribution in [3.8, 4) is 0 Å². The average Bonchev–Trinajstić information content (AvgIpc) is 3.18. The maximum absolute atomic E-state index is 13.0. The molecule has 0 fully saturated rings. The minimum Gasteiger partial charge on any atom is -0.478 e. The monoisotopic (exact) mass is 514 g/mol. The summed E-state index contributed by atoms with van der Waals surface area (Å²) in [5, 5.41) is 12.1. The van der Waals surface area contributed by atoms with Gasteiger partial charge in [-0.2, -0.15) is 0 Å². The van der Waals surface area contributed by atoms with Crippen LogP contribution in [-0.4, -0.2) is 30.4 Å². The van der Waals surface area contributed by atoms with Gasteiger partial charge in [-0.05, 0) is 61.4 Å². The Bertz CT molecular complexity index is 1400. The maximum Gasteiger partial charge on any atom is 0.337 e. The molecule has 1 aliphatic rings. The van der Waals surface area contributed by atoms with Crippen molar-refractivity contribution in [2.45, 2.75) is 24.5 Å². The topological polar surface area (TPSA) is 116 Å². The largest absolute Gasteiger partial charge is 0.478 e. The van der Waals surface area contributed by atoms with Crippen LogP contribution in [0, 0.1) is 13.8 Å². The molecule has 0 unspecified atom stereocenters. The Labute approximate surface area is 193 Å². The summed E-state index contributed by atoms with van der Waals surface area (Å²) < 4.78 is 26.9. The number of carbonyl (C=O) groups is 2. The van der Waals surface area contributed by atoms with Gasteiger partial charge in [0.15, 0.2) is 9.84 Å². The minimum atomic E-state index is -3.65. The van der Waals surface area contributed by atoms with Gasteiger partial charge in [-0.25, -0.2) is 13.2 Å². The predicted molar refractivity (Wildman–Crippen MR) is 125 cm³/mol. The van der Waals surface area contributed by atoms with Gasteiger partial charge in [-0.15, -0.1) is 0 Å². The van der Waals surface area contributed by atoms with Crippen LogP contribution in [0.3, 0.4) is 0 Å². The van der Waals surface area contributed by atoms with Crippen LogP contribution in [0.25, 0.3) is 11.6 Å². The van der Waals surface area contributed by atoms with Gasteiger partial charge in [0.1, 0.15) is 0 Å². The predicted octanol–water partition coefficient (Wildman–Crippen LogP) is 4.56. The second-order valence-corrected chi connectivity index (χ2v) is 10.5. The summed E-state index contributed by atoms with van der Waals surface area (Å²) in [6.45, 7) is 3.31. The molecule has 0 radical (unpaired) electrons. The Hall–Kier alpha value is -3.17. The lowest BCUT2D eigenvalue weighted by atomic mass is 10.0. The van der Waals surface area contributed by atoms with Crippen molar-refractivity contribution in [2.24, 2.45) is 0 Å². The number of anilines is 1. The van der Waals surface area contributed by atoms with Crippen LogP contribution < -0.4 is 5.32 Å². The van der Waals surface area contributed by atoms with E-state index in [9.17, 15) is 23.1 Å². The molecule has 32 heavy (non-hydrogen) atoms. The van der Waals surface area contributed by atoms with Gasteiger partial charge in [-0.1, -0.05) is 28.1 Å². The SMILES string of the molecule is Cc1[nH]c(/C=C2\C(=O)Nc3ccc(S(=O)(=O)Cc4ccc(Br)cc4)cc32)c(C)c1C(=O)O. The quantitative estimate of drug-likeness (QED) is 0.431.